The summed E-state index contributed by atoms with van der Waals surface area (Å²) in [6, 6.07) is -0.511. The van der Waals surface area contributed by atoms with Crippen molar-refractivity contribution >= 4 is 29.0 Å². The van der Waals surface area contributed by atoms with Crippen LogP contribution in [0.1, 0.15) is 23.9 Å². The molecule has 0 saturated carbocycles. The molecular weight excluding hydrogens is 268 g/mol. The van der Waals surface area contributed by atoms with Crippen molar-refractivity contribution < 1.29 is 4.79 Å². The molecule has 3 N–H and O–H groups in total. The highest BCUT2D eigenvalue weighted by molar-refractivity contribution is 8.00. The van der Waals surface area contributed by atoms with Crippen LogP contribution in [0.2, 0.25) is 0 Å². The summed E-state index contributed by atoms with van der Waals surface area (Å²) in [5, 5.41) is 12.7. The van der Waals surface area contributed by atoms with Crippen LogP contribution in [0.25, 0.3) is 0 Å². The third-order valence-electron chi connectivity index (χ3n) is 2.76. The standard InChI is InChI=1S/C11H20N4OS2/c1-7-14-15-8(18-7)5-6-13-10(16)9(12)11(2,3)17-4/h9H,5-6,12H2,1-4H3,(H,13,16)/t9-/m1/s1. The number of carbonyl (C=O) groups is 1. The Labute approximate surface area is 116 Å². The van der Waals surface area contributed by atoms with Crippen molar-refractivity contribution in [2.45, 2.75) is 38.0 Å². The Hall–Kier alpha value is -0.660. The topological polar surface area (TPSA) is 80.9 Å². The molecule has 1 atom stereocenters. The predicted octanol–water partition coefficient (Wildman–Crippen LogP) is 0.974. The summed E-state index contributed by atoms with van der Waals surface area (Å²) in [6.07, 6.45) is 2.65. The van der Waals surface area contributed by atoms with Crippen LogP contribution in [-0.2, 0) is 11.2 Å². The van der Waals surface area contributed by atoms with Crippen molar-refractivity contribution in [1.29, 1.82) is 0 Å². The van der Waals surface area contributed by atoms with Crippen molar-refractivity contribution in [3.63, 3.8) is 0 Å². The Bertz CT molecular complexity index is 406. The molecule has 0 fully saturated rings. The van der Waals surface area contributed by atoms with Gasteiger partial charge in [0, 0.05) is 17.7 Å². The lowest BCUT2D eigenvalue weighted by Crippen LogP contribution is -2.52. The molecule has 0 aliphatic rings. The van der Waals surface area contributed by atoms with Gasteiger partial charge in [-0.1, -0.05) is 0 Å². The molecule has 5 nitrogen and oxygen atoms in total. The lowest BCUT2D eigenvalue weighted by molar-refractivity contribution is -0.122. The van der Waals surface area contributed by atoms with Crippen molar-refractivity contribution in [2.24, 2.45) is 5.73 Å². The first-order chi connectivity index (χ1) is 8.36. The normalized spacial score (nSPS) is 13.4. The Morgan fingerprint density at radius 2 is 2.22 bits per heavy atom. The van der Waals surface area contributed by atoms with Gasteiger partial charge in [0.1, 0.15) is 10.0 Å². The van der Waals surface area contributed by atoms with E-state index in [1.54, 1.807) is 23.1 Å². The number of carbonyl (C=O) groups excluding carboxylic acids is 1. The van der Waals surface area contributed by atoms with Gasteiger partial charge in [-0.15, -0.1) is 21.5 Å². The van der Waals surface area contributed by atoms with Gasteiger partial charge >= 0.3 is 0 Å². The lowest BCUT2D eigenvalue weighted by atomic mass is 10.0. The zero-order valence-corrected chi connectivity index (χ0v) is 12.8. The molecule has 1 aromatic rings. The summed E-state index contributed by atoms with van der Waals surface area (Å²) < 4.78 is -0.261. The number of rotatable bonds is 6. The van der Waals surface area contributed by atoms with Gasteiger partial charge in [-0.25, -0.2) is 0 Å². The van der Waals surface area contributed by atoms with Gasteiger partial charge in [0.25, 0.3) is 0 Å². The molecule has 18 heavy (non-hydrogen) atoms. The van der Waals surface area contributed by atoms with Crippen molar-refractivity contribution in [1.82, 2.24) is 15.5 Å². The second-order valence-corrected chi connectivity index (χ2v) is 7.27. The van der Waals surface area contributed by atoms with Gasteiger partial charge in [-0.2, -0.15) is 11.8 Å². The number of thioether (sulfide) groups is 1. The first-order valence-electron chi connectivity index (χ1n) is 5.74. The van der Waals surface area contributed by atoms with Gasteiger partial charge in [0.05, 0.1) is 6.04 Å². The molecule has 1 heterocycles. The summed E-state index contributed by atoms with van der Waals surface area (Å²) in [6.45, 7) is 6.40. The summed E-state index contributed by atoms with van der Waals surface area (Å²) in [7, 11) is 0. The molecule has 1 aromatic heterocycles. The summed E-state index contributed by atoms with van der Waals surface area (Å²) in [4.78, 5) is 11.9. The maximum Gasteiger partial charge on any atom is 0.238 e. The zero-order valence-electron chi connectivity index (χ0n) is 11.2. The minimum atomic E-state index is -0.511. The molecule has 1 rings (SSSR count). The Morgan fingerprint density at radius 3 is 2.72 bits per heavy atom. The third kappa shape index (κ3) is 4.22. The maximum atomic E-state index is 11.9. The molecule has 0 radical (unpaired) electrons. The predicted molar refractivity (Wildman–Crippen MR) is 76.9 cm³/mol. The van der Waals surface area contributed by atoms with E-state index in [1.165, 1.54) is 0 Å². The third-order valence-corrected chi connectivity index (χ3v) is 4.97. The number of nitrogens with one attached hydrogen (secondary N) is 1. The monoisotopic (exact) mass is 288 g/mol. The molecule has 7 heteroatoms. The molecule has 1 amide bonds. The van der Waals surface area contributed by atoms with Crippen molar-refractivity contribution in [3.05, 3.63) is 10.0 Å². The van der Waals surface area contributed by atoms with E-state index in [9.17, 15) is 4.79 Å². The van der Waals surface area contributed by atoms with Crippen LogP contribution >= 0.6 is 23.1 Å². The number of hydrogen-bond donors (Lipinski definition) is 2. The Balaban J connectivity index is 2.37. The fourth-order valence-electron chi connectivity index (χ4n) is 1.28. The molecule has 0 aliphatic heterocycles. The first kappa shape index (κ1) is 15.4. The molecule has 0 bridgehead atoms. The van der Waals surface area contributed by atoms with E-state index in [1.807, 2.05) is 27.0 Å². The van der Waals surface area contributed by atoms with E-state index in [-0.39, 0.29) is 10.7 Å². The quantitative estimate of drug-likeness (QED) is 0.815. The van der Waals surface area contributed by atoms with E-state index in [4.69, 9.17) is 5.73 Å². The molecule has 0 aromatic carbocycles. The van der Waals surface area contributed by atoms with E-state index in [0.29, 0.717) is 13.0 Å². The van der Waals surface area contributed by atoms with Crippen LogP contribution in [0.5, 0.6) is 0 Å². The highest BCUT2D eigenvalue weighted by atomic mass is 32.2. The highest BCUT2D eigenvalue weighted by Crippen LogP contribution is 2.24. The number of aromatic nitrogens is 2. The number of nitrogens with two attached hydrogens (primary N) is 1. The molecule has 0 saturated heterocycles. The Kier molecular flexibility index (Phi) is 5.55. The zero-order chi connectivity index (χ0) is 13.8. The lowest BCUT2D eigenvalue weighted by Gasteiger charge is -2.28. The van der Waals surface area contributed by atoms with Gasteiger partial charge in [0.2, 0.25) is 5.91 Å². The number of amides is 1. The fraction of sp³-hybridized carbons (Fsp3) is 0.727. The number of aryl methyl sites for hydroxylation is 1. The summed E-state index contributed by atoms with van der Waals surface area (Å²) in [5.74, 6) is -0.115. The van der Waals surface area contributed by atoms with Crippen molar-refractivity contribution in [3.8, 4) is 0 Å². The fourth-order valence-corrected chi connectivity index (χ4v) is 2.35. The number of hydrogen-bond acceptors (Lipinski definition) is 6. The minimum absolute atomic E-state index is 0.115. The Morgan fingerprint density at radius 1 is 1.56 bits per heavy atom. The molecule has 102 valence electrons. The largest absolute Gasteiger partial charge is 0.354 e. The van der Waals surface area contributed by atoms with Crippen LogP contribution in [0, 0.1) is 6.92 Å². The van der Waals surface area contributed by atoms with Crippen LogP contribution in [0.4, 0.5) is 0 Å². The average Bonchev–Trinajstić information content (AvgIpc) is 2.74. The molecule has 0 spiro atoms. The SMILES string of the molecule is CSC(C)(C)[C@H](N)C(=O)NCCc1nnc(C)s1. The average molecular weight is 288 g/mol. The van der Waals surface area contributed by atoms with Gasteiger partial charge in [-0.05, 0) is 27.0 Å². The highest BCUT2D eigenvalue weighted by Gasteiger charge is 2.30. The van der Waals surface area contributed by atoms with Crippen LogP contribution in [0.15, 0.2) is 0 Å². The summed E-state index contributed by atoms with van der Waals surface area (Å²) in [5.41, 5.74) is 5.93. The maximum absolute atomic E-state index is 11.9. The smallest absolute Gasteiger partial charge is 0.238 e. The van der Waals surface area contributed by atoms with Crippen LogP contribution in [-0.4, -0.2) is 39.7 Å². The second kappa shape index (κ2) is 6.49. The number of nitrogens with zero attached hydrogens (tertiary/aromatic N) is 2. The summed E-state index contributed by atoms with van der Waals surface area (Å²) >= 11 is 3.14. The van der Waals surface area contributed by atoms with Gasteiger partial charge in [-0.3, -0.25) is 4.79 Å². The van der Waals surface area contributed by atoms with Gasteiger partial charge < -0.3 is 11.1 Å². The second-order valence-electron chi connectivity index (χ2n) is 4.54. The van der Waals surface area contributed by atoms with Crippen LogP contribution in [0.3, 0.4) is 0 Å². The van der Waals surface area contributed by atoms with Gasteiger partial charge in [0.15, 0.2) is 0 Å². The van der Waals surface area contributed by atoms with E-state index in [0.717, 1.165) is 10.0 Å². The van der Waals surface area contributed by atoms with E-state index < -0.39 is 6.04 Å². The van der Waals surface area contributed by atoms with E-state index >= 15 is 0 Å². The first-order valence-corrected chi connectivity index (χ1v) is 7.78. The minimum Gasteiger partial charge on any atom is -0.354 e. The van der Waals surface area contributed by atoms with Crippen molar-refractivity contribution in [2.75, 3.05) is 12.8 Å². The molecule has 0 aliphatic carbocycles. The van der Waals surface area contributed by atoms with E-state index in [2.05, 4.69) is 15.5 Å². The molecular formula is C11H20N4OS2. The van der Waals surface area contributed by atoms with Crippen LogP contribution < -0.4 is 11.1 Å². The molecule has 0 unspecified atom stereocenters.